The SMILES string of the molecule is c1ccc2cc(-c3nc(-c4ccc(-c5ccc6c(c5)-c5ccnc7cccc-6c57)cc4)nc(-c4cccc5oc6ccccc6c45)n3)ccc2c1. The molecule has 0 amide bonds. The number of nitrogens with zero attached hydrogens (tertiary/aromatic N) is 4. The number of rotatable bonds is 4. The summed E-state index contributed by atoms with van der Waals surface area (Å²) in [4.78, 5) is 19.9. The molecular formula is C46H26N4O. The molecule has 0 atom stereocenters. The van der Waals surface area contributed by atoms with Crippen LogP contribution in [0.15, 0.2) is 162 Å². The minimum Gasteiger partial charge on any atom is -0.456 e. The first-order chi connectivity index (χ1) is 25.2. The van der Waals surface area contributed by atoms with Gasteiger partial charge in [-0.1, -0.05) is 115 Å². The summed E-state index contributed by atoms with van der Waals surface area (Å²) in [5.74, 6) is 1.84. The molecule has 1 aliphatic carbocycles. The minimum atomic E-state index is 0.603. The Bertz CT molecular complexity index is 3030. The van der Waals surface area contributed by atoms with Gasteiger partial charge in [0.25, 0.3) is 0 Å². The Morgan fingerprint density at radius 3 is 1.98 bits per heavy atom. The molecule has 0 radical (unpaired) electrons. The van der Waals surface area contributed by atoms with Crippen LogP contribution in [0, 0.1) is 0 Å². The lowest BCUT2D eigenvalue weighted by atomic mass is 9.97. The Labute approximate surface area is 292 Å². The van der Waals surface area contributed by atoms with Crippen LogP contribution in [0.4, 0.5) is 0 Å². The van der Waals surface area contributed by atoms with Crippen LogP contribution in [0.2, 0.25) is 0 Å². The molecule has 0 N–H and O–H groups in total. The third kappa shape index (κ3) is 4.35. The molecule has 7 aromatic carbocycles. The third-order valence-corrected chi connectivity index (χ3v) is 10.1. The Kier molecular flexibility index (Phi) is 5.89. The van der Waals surface area contributed by atoms with Gasteiger partial charge in [0.1, 0.15) is 11.2 Å². The van der Waals surface area contributed by atoms with Gasteiger partial charge in [0.2, 0.25) is 0 Å². The van der Waals surface area contributed by atoms with Crippen molar-refractivity contribution in [3.8, 4) is 67.5 Å². The van der Waals surface area contributed by atoms with Crippen LogP contribution in [0.25, 0.3) is 111 Å². The number of hydrogen-bond acceptors (Lipinski definition) is 5. The minimum absolute atomic E-state index is 0.603. The molecular weight excluding hydrogens is 625 g/mol. The number of aromatic nitrogens is 4. The van der Waals surface area contributed by atoms with Crippen LogP contribution in [0.1, 0.15) is 0 Å². The standard InChI is InChI=1S/C46H26N4O/c1-2-8-30-25-32(20-17-27(30)7-1)45-48-44(49-46(50-45)37-11-6-14-41-43(37)36-9-3-4-13-40(36)51-41)29-18-15-28(16-19-29)31-21-22-33-34-10-5-12-39-42(34)35(23-24-47-39)38(33)26-31/h1-26H. The number of furan rings is 1. The van der Waals surface area contributed by atoms with E-state index < -0.39 is 0 Å². The fraction of sp³-hybridized carbons (Fsp3) is 0. The fourth-order valence-electron chi connectivity index (χ4n) is 7.69. The van der Waals surface area contributed by atoms with E-state index in [-0.39, 0.29) is 0 Å². The molecule has 5 heteroatoms. The lowest BCUT2D eigenvalue weighted by Crippen LogP contribution is -2.00. The van der Waals surface area contributed by atoms with Crippen molar-refractivity contribution in [1.29, 1.82) is 0 Å². The Hall–Kier alpha value is -6.98. The van der Waals surface area contributed by atoms with Gasteiger partial charge >= 0.3 is 0 Å². The predicted octanol–water partition coefficient (Wildman–Crippen LogP) is 11.8. The van der Waals surface area contributed by atoms with Crippen LogP contribution in [0.3, 0.4) is 0 Å². The number of pyridine rings is 1. The highest BCUT2D eigenvalue weighted by Crippen LogP contribution is 2.47. The summed E-state index contributed by atoms with van der Waals surface area (Å²) in [7, 11) is 0. The summed E-state index contributed by atoms with van der Waals surface area (Å²) in [6.45, 7) is 0. The summed E-state index contributed by atoms with van der Waals surface area (Å²) in [5.41, 5.74) is 12.7. The second-order valence-electron chi connectivity index (χ2n) is 13.0. The van der Waals surface area contributed by atoms with E-state index in [1.54, 1.807) is 0 Å². The number of para-hydroxylation sites is 1. The van der Waals surface area contributed by atoms with Crippen LogP contribution >= 0.6 is 0 Å². The third-order valence-electron chi connectivity index (χ3n) is 10.1. The van der Waals surface area contributed by atoms with E-state index in [0.717, 1.165) is 60.7 Å². The molecule has 236 valence electrons. The highest BCUT2D eigenvalue weighted by molar-refractivity contribution is 6.15. The van der Waals surface area contributed by atoms with Crippen molar-refractivity contribution in [3.05, 3.63) is 158 Å². The van der Waals surface area contributed by atoms with E-state index in [0.29, 0.717) is 17.5 Å². The molecule has 3 aromatic heterocycles. The molecule has 1 aliphatic rings. The number of fused-ring (bicyclic) bond motifs is 7. The van der Waals surface area contributed by atoms with E-state index in [9.17, 15) is 0 Å². The first-order valence-electron chi connectivity index (χ1n) is 17.0. The second-order valence-corrected chi connectivity index (χ2v) is 13.0. The summed E-state index contributed by atoms with van der Waals surface area (Å²) in [5, 5.41) is 5.57. The van der Waals surface area contributed by atoms with Gasteiger partial charge in [0.05, 0.1) is 5.52 Å². The first kappa shape index (κ1) is 27.9. The van der Waals surface area contributed by atoms with E-state index in [2.05, 4.69) is 126 Å². The van der Waals surface area contributed by atoms with Crippen molar-refractivity contribution in [1.82, 2.24) is 19.9 Å². The van der Waals surface area contributed by atoms with Crippen molar-refractivity contribution < 1.29 is 4.42 Å². The summed E-state index contributed by atoms with van der Waals surface area (Å²) >= 11 is 0. The smallest absolute Gasteiger partial charge is 0.164 e. The zero-order valence-corrected chi connectivity index (χ0v) is 27.2. The number of benzene rings is 7. The Morgan fingerprint density at radius 2 is 1.06 bits per heavy atom. The van der Waals surface area contributed by atoms with Crippen molar-refractivity contribution in [3.63, 3.8) is 0 Å². The Morgan fingerprint density at radius 1 is 0.373 bits per heavy atom. The van der Waals surface area contributed by atoms with E-state index >= 15 is 0 Å². The zero-order valence-electron chi connectivity index (χ0n) is 27.2. The molecule has 0 aliphatic heterocycles. The molecule has 3 heterocycles. The number of hydrogen-bond donors (Lipinski definition) is 0. The van der Waals surface area contributed by atoms with Crippen molar-refractivity contribution in [2.24, 2.45) is 0 Å². The molecule has 5 nitrogen and oxygen atoms in total. The molecule has 10 aromatic rings. The van der Waals surface area contributed by atoms with Crippen molar-refractivity contribution >= 4 is 43.6 Å². The van der Waals surface area contributed by atoms with Crippen molar-refractivity contribution in [2.75, 3.05) is 0 Å². The first-order valence-corrected chi connectivity index (χ1v) is 17.0. The van der Waals surface area contributed by atoms with Gasteiger partial charge in [-0.05, 0) is 80.6 Å². The monoisotopic (exact) mass is 650 g/mol. The maximum absolute atomic E-state index is 6.24. The summed E-state index contributed by atoms with van der Waals surface area (Å²) in [6, 6.07) is 52.7. The lowest BCUT2D eigenvalue weighted by Gasteiger charge is -2.11. The molecule has 0 fully saturated rings. The normalized spacial score (nSPS) is 11.9. The van der Waals surface area contributed by atoms with Gasteiger partial charge < -0.3 is 4.42 Å². The molecule has 51 heavy (non-hydrogen) atoms. The molecule has 0 saturated heterocycles. The molecule has 0 unspecified atom stereocenters. The van der Waals surface area contributed by atoms with Gasteiger partial charge in [-0.25, -0.2) is 15.0 Å². The maximum Gasteiger partial charge on any atom is 0.164 e. The quantitative estimate of drug-likeness (QED) is 0.190. The predicted molar refractivity (Wildman–Crippen MR) is 206 cm³/mol. The second kappa shape index (κ2) is 10.8. The molecule has 0 saturated carbocycles. The van der Waals surface area contributed by atoms with Gasteiger partial charge in [-0.2, -0.15) is 0 Å². The van der Waals surface area contributed by atoms with Crippen LogP contribution in [0.5, 0.6) is 0 Å². The van der Waals surface area contributed by atoms with Gasteiger partial charge in [-0.3, -0.25) is 4.98 Å². The molecule has 11 rings (SSSR count). The van der Waals surface area contributed by atoms with Crippen molar-refractivity contribution in [2.45, 2.75) is 0 Å². The highest BCUT2D eigenvalue weighted by Gasteiger charge is 2.22. The summed E-state index contributed by atoms with van der Waals surface area (Å²) < 4.78 is 6.24. The topological polar surface area (TPSA) is 64.7 Å². The maximum atomic E-state index is 6.24. The van der Waals surface area contributed by atoms with Gasteiger partial charge in [0, 0.05) is 39.0 Å². The average molecular weight is 651 g/mol. The van der Waals surface area contributed by atoms with Gasteiger partial charge in [-0.15, -0.1) is 0 Å². The molecule has 0 spiro atoms. The van der Waals surface area contributed by atoms with Crippen LogP contribution < -0.4 is 0 Å². The largest absolute Gasteiger partial charge is 0.456 e. The van der Waals surface area contributed by atoms with E-state index in [4.69, 9.17) is 19.4 Å². The van der Waals surface area contributed by atoms with E-state index in [1.165, 1.54) is 33.0 Å². The van der Waals surface area contributed by atoms with Crippen LogP contribution in [-0.2, 0) is 0 Å². The summed E-state index contributed by atoms with van der Waals surface area (Å²) in [6.07, 6.45) is 1.91. The van der Waals surface area contributed by atoms with E-state index in [1.807, 2.05) is 36.5 Å². The van der Waals surface area contributed by atoms with Gasteiger partial charge in [0.15, 0.2) is 17.5 Å². The Balaban J connectivity index is 1.05. The molecule has 0 bridgehead atoms. The average Bonchev–Trinajstić information content (AvgIpc) is 3.74. The zero-order chi connectivity index (χ0) is 33.5. The highest BCUT2D eigenvalue weighted by atomic mass is 16.3. The van der Waals surface area contributed by atoms with Crippen LogP contribution in [-0.4, -0.2) is 19.9 Å². The lowest BCUT2D eigenvalue weighted by molar-refractivity contribution is 0.669. The fourth-order valence-corrected chi connectivity index (χ4v) is 7.69.